The fraction of sp³-hybridized carbons (Fsp3) is 0.600. The zero-order valence-electron chi connectivity index (χ0n) is 12.6. The smallest absolute Gasteiger partial charge is 0.0641 e. The summed E-state index contributed by atoms with van der Waals surface area (Å²) in [7, 11) is 3.76. The minimum absolute atomic E-state index is 0.694. The number of hydrogen-bond acceptors (Lipinski definition) is 4. The molecule has 0 aliphatic heterocycles. The second kappa shape index (κ2) is 10.00. The van der Waals surface area contributed by atoms with Crippen molar-refractivity contribution in [2.45, 2.75) is 13.5 Å². The molecular formula is C15H25ClN2O2. The van der Waals surface area contributed by atoms with E-state index in [0.717, 1.165) is 49.1 Å². The van der Waals surface area contributed by atoms with Crippen molar-refractivity contribution in [3.8, 4) is 0 Å². The van der Waals surface area contributed by atoms with Crippen LogP contribution in [0.25, 0.3) is 0 Å². The molecule has 0 heterocycles. The Hall–Kier alpha value is -0.810. The van der Waals surface area contributed by atoms with E-state index in [-0.39, 0.29) is 0 Å². The molecule has 0 aromatic heterocycles. The molecule has 0 radical (unpaired) electrons. The SMILES string of the molecule is CCOCCN(C)c1cccc(Cl)c1CNCCOC. The van der Waals surface area contributed by atoms with E-state index >= 15 is 0 Å². The van der Waals surface area contributed by atoms with Gasteiger partial charge in [0.05, 0.1) is 13.2 Å². The van der Waals surface area contributed by atoms with Gasteiger partial charge in [-0.05, 0) is 19.1 Å². The van der Waals surface area contributed by atoms with Crippen LogP contribution in [-0.4, -0.2) is 47.1 Å². The van der Waals surface area contributed by atoms with Crippen LogP contribution in [0.2, 0.25) is 5.02 Å². The Kier molecular flexibility index (Phi) is 8.62. The molecule has 0 aliphatic carbocycles. The van der Waals surface area contributed by atoms with Gasteiger partial charge in [0.15, 0.2) is 0 Å². The van der Waals surface area contributed by atoms with E-state index in [1.54, 1.807) is 7.11 Å². The van der Waals surface area contributed by atoms with Gasteiger partial charge in [0, 0.05) is 56.7 Å². The monoisotopic (exact) mass is 300 g/mol. The molecule has 1 N–H and O–H groups in total. The number of anilines is 1. The molecule has 114 valence electrons. The van der Waals surface area contributed by atoms with E-state index in [4.69, 9.17) is 21.1 Å². The van der Waals surface area contributed by atoms with Gasteiger partial charge in [-0.3, -0.25) is 0 Å². The van der Waals surface area contributed by atoms with Gasteiger partial charge in [-0.2, -0.15) is 0 Å². The van der Waals surface area contributed by atoms with Gasteiger partial charge in [0.1, 0.15) is 0 Å². The highest BCUT2D eigenvalue weighted by molar-refractivity contribution is 6.31. The number of methoxy groups -OCH3 is 1. The fourth-order valence-electron chi connectivity index (χ4n) is 1.93. The second-order valence-electron chi connectivity index (χ2n) is 4.53. The first-order chi connectivity index (χ1) is 9.70. The fourth-order valence-corrected chi connectivity index (χ4v) is 2.17. The first kappa shape index (κ1) is 17.2. The van der Waals surface area contributed by atoms with Crippen molar-refractivity contribution >= 4 is 17.3 Å². The van der Waals surface area contributed by atoms with Crippen LogP contribution >= 0.6 is 11.6 Å². The summed E-state index contributed by atoms with van der Waals surface area (Å²) in [5, 5.41) is 4.13. The lowest BCUT2D eigenvalue weighted by Crippen LogP contribution is -2.26. The van der Waals surface area contributed by atoms with Crippen LogP contribution in [0.3, 0.4) is 0 Å². The zero-order chi connectivity index (χ0) is 14.8. The molecule has 0 fully saturated rings. The molecule has 4 nitrogen and oxygen atoms in total. The number of nitrogens with zero attached hydrogens (tertiary/aromatic N) is 1. The predicted molar refractivity (Wildman–Crippen MR) is 84.8 cm³/mol. The Morgan fingerprint density at radius 2 is 2.10 bits per heavy atom. The Morgan fingerprint density at radius 1 is 1.30 bits per heavy atom. The molecule has 0 aliphatic rings. The van der Waals surface area contributed by atoms with Crippen LogP contribution in [0.4, 0.5) is 5.69 Å². The Bertz CT molecular complexity index is 388. The maximum Gasteiger partial charge on any atom is 0.0641 e. The summed E-state index contributed by atoms with van der Waals surface area (Å²) in [5.74, 6) is 0. The average molecular weight is 301 g/mol. The van der Waals surface area contributed by atoms with E-state index in [9.17, 15) is 0 Å². The van der Waals surface area contributed by atoms with Crippen LogP contribution in [0.5, 0.6) is 0 Å². The van der Waals surface area contributed by atoms with E-state index in [1.807, 2.05) is 19.1 Å². The largest absolute Gasteiger partial charge is 0.383 e. The molecule has 1 rings (SSSR count). The van der Waals surface area contributed by atoms with E-state index in [2.05, 4.69) is 23.3 Å². The summed E-state index contributed by atoms with van der Waals surface area (Å²) in [4.78, 5) is 2.18. The third-order valence-corrected chi connectivity index (χ3v) is 3.42. The second-order valence-corrected chi connectivity index (χ2v) is 4.93. The Labute approximate surface area is 127 Å². The van der Waals surface area contributed by atoms with E-state index in [1.165, 1.54) is 0 Å². The summed E-state index contributed by atoms with van der Waals surface area (Å²) in [6.45, 7) is 6.55. The van der Waals surface area contributed by atoms with Gasteiger partial charge in [-0.25, -0.2) is 0 Å². The minimum Gasteiger partial charge on any atom is -0.383 e. The molecule has 0 bridgehead atoms. The van der Waals surface area contributed by atoms with Crippen molar-refractivity contribution in [3.05, 3.63) is 28.8 Å². The lowest BCUT2D eigenvalue weighted by molar-refractivity contribution is 0.154. The lowest BCUT2D eigenvalue weighted by Gasteiger charge is -2.23. The highest BCUT2D eigenvalue weighted by Crippen LogP contribution is 2.26. The highest BCUT2D eigenvalue weighted by atomic mass is 35.5. The van der Waals surface area contributed by atoms with Crippen LogP contribution in [0.1, 0.15) is 12.5 Å². The topological polar surface area (TPSA) is 33.7 Å². The van der Waals surface area contributed by atoms with Crippen molar-refractivity contribution in [1.82, 2.24) is 5.32 Å². The molecular weight excluding hydrogens is 276 g/mol. The first-order valence-corrected chi connectivity index (χ1v) is 7.34. The van der Waals surface area contributed by atoms with Crippen molar-refractivity contribution in [3.63, 3.8) is 0 Å². The number of benzene rings is 1. The van der Waals surface area contributed by atoms with Crippen LogP contribution in [-0.2, 0) is 16.0 Å². The molecule has 0 saturated carbocycles. The molecule has 1 aromatic rings. The van der Waals surface area contributed by atoms with Crippen LogP contribution < -0.4 is 10.2 Å². The average Bonchev–Trinajstić information content (AvgIpc) is 2.45. The number of hydrogen-bond donors (Lipinski definition) is 1. The third-order valence-electron chi connectivity index (χ3n) is 3.07. The molecule has 5 heteroatoms. The Morgan fingerprint density at radius 3 is 2.80 bits per heavy atom. The number of nitrogens with one attached hydrogen (secondary N) is 1. The Balaban J connectivity index is 2.66. The molecule has 0 amide bonds. The van der Waals surface area contributed by atoms with Crippen molar-refractivity contribution in [1.29, 1.82) is 0 Å². The van der Waals surface area contributed by atoms with Gasteiger partial charge in [0.2, 0.25) is 0 Å². The van der Waals surface area contributed by atoms with Crippen molar-refractivity contribution in [2.75, 3.05) is 52.0 Å². The maximum atomic E-state index is 6.32. The summed E-state index contributed by atoms with van der Waals surface area (Å²) in [5.41, 5.74) is 2.26. The molecule has 0 unspecified atom stereocenters. The predicted octanol–water partition coefficient (Wildman–Crippen LogP) is 2.55. The summed E-state index contributed by atoms with van der Waals surface area (Å²) < 4.78 is 10.4. The van der Waals surface area contributed by atoms with Crippen molar-refractivity contribution in [2.24, 2.45) is 0 Å². The third kappa shape index (κ3) is 5.67. The standard InChI is InChI=1S/C15H25ClN2O2/c1-4-20-11-9-18(2)15-7-5-6-14(16)13(15)12-17-8-10-19-3/h5-7,17H,4,8-12H2,1-3H3. The van der Waals surface area contributed by atoms with Gasteiger partial charge in [0.25, 0.3) is 0 Å². The molecule has 20 heavy (non-hydrogen) atoms. The number of likely N-dealkylation sites (N-methyl/N-ethyl adjacent to an activating group) is 1. The lowest BCUT2D eigenvalue weighted by atomic mass is 10.1. The number of ether oxygens (including phenoxy) is 2. The van der Waals surface area contributed by atoms with Crippen molar-refractivity contribution < 1.29 is 9.47 Å². The van der Waals surface area contributed by atoms with E-state index in [0.29, 0.717) is 6.61 Å². The summed E-state index contributed by atoms with van der Waals surface area (Å²) in [6, 6.07) is 5.99. The number of rotatable bonds is 10. The first-order valence-electron chi connectivity index (χ1n) is 6.96. The van der Waals surface area contributed by atoms with Gasteiger partial charge >= 0.3 is 0 Å². The van der Waals surface area contributed by atoms with Gasteiger partial charge in [-0.1, -0.05) is 17.7 Å². The zero-order valence-corrected chi connectivity index (χ0v) is 13.4. The van der Waals surface area contributed by atoms with Crippen LogP contribution in [0, 0.1) is 0 Å². The molecule has 0 saturated heterocycles. The maximum absolute atomic E-state index is 6.32. The van der Waals surface area contributed by atoms with Gasteiger partial charge in [-0.15, -0.1) is 0 Å². The minimum atomic E-state index is 0.694. The van der Waals surface area contributed by atoms with E-state index < -0.39 is 0 Å². The molecule has 1 aromatic carbocycles. The quantitative estimate of drug-likeness (QED) is 0.673. The summed E-state index contributed by atoms with van der Waals surface area (Å²) in [6.07, 6.45) is 0. The normalized spacial score (nSPS) is 10.8. The molecule has 0 spiro atoms. The number of halogens is 1. The summed E-state index contributed by atoms with van der Waals surface area (Å²) >= 11 is 6.32. The molecule has 0 atom stereocenters. The van der Waals surface area contributed by atoms with Gasteiger partial charge < -0.3 is 19.7 Å². The highest BCUT2D eigenvalue weighted by Gasteiger charge is 2.10. The van der Waals surface area contributed by atoms with Crippen LogP contribution in [0.15, 0.2) is 18.2 Å².